The Balaban J connectivity index is 2.48. The van der Waals surface area contributed by atoms with Crippen LogP contribution in [0.25, 0.3) is 0 Å². The molecule has 0 aromatic heterocycles. The molecule has 0 fully saturated rings. The van der Waals surface area contributed by atoms with Crippen LogP contribution >= 0.6 is 0 Å². The van der Waals surface area contributed by atoms with Crippen molar-refractivity contribution < 1.29 is 4.39 Å². The van der Waals surface area contributed by atoms with Crippen LogP contribution in [0.4, 0.5) is 4.39 Å². The van der Waals surface area contributed by atoms with E-state index in [2.05, 4.69) is 51.2 Å². The van der Waals surface area contributed by atoms with Gasteiger partial charge in [0, 0.05) is 11.5 Å². The number of halogens is 1. The number of hydrogen-bond donors (Lipinski definition) is 1. The van der Waals surface area contributed by atoms with Crippen molar-refractivity contribution in [3.8, 4) is 0 Å². The van der Waals surface area contributed by atoms with Gasteiger partial charge in [0.15, 0.2) is 0 Å². The van der Waals surface area contributed by atoms with E-state index in [1.54, 1.807) is 0 Å². The molecule has 1 N–H and O–H groups in total. The van der Waals surface area contributed by atoms with Gasteiger partial charge in [-0.1, -0.05) is 49.7 Å². The molecule has 0 heterocycles. The Labute approximate surface area is 127 Å². The predicted molar refractivity (Wildman–Crippen MR) is 87.1 cm³/mol. The molecule has 0 aliphatic heterocycles. The van der Waals surface area contributed by atoms with Crippen LogP contribution in [0.5, 0.6) is 0 Å². The summed E-state index contributed by atoms with van der Waals surface area (Å²) in [5.74, 6) is -0.192. The summed E-state index contributed by atoms with van der Waals surface area (Å²) in [6.07, 6.45) is 0. The zero-order valence-electron chi connectivity index (χ0n) is 13.5. The second kappa shape index (κ2) is 5.98. The lowest BCUT2D eigenvalue weighted by molar-refractivity contribution is 0.367. The summed E-state index contributed by atoms with van der Waals surface area (Å²) in [6.45, 7) is 8.65. The number of rotatable bonds is 4. The molecular weight excluding hydrogens is 261 g/mol. The molecule has 21 heavy (non-hydrogen) atoms. The lowest BCUT2D eigenvalue weighted by Crippen LogP contribution is -2.36. The predicted octanol–water partition coefficient (Wildman–Crippen LogP) is 4.68. The van der Waals surface area contributed by atoms with E-state index in [4.69, 9.17) is 0 Å². The molecule has 0 radical (unpaired) electrons. The first-order valence-electron chi connectivity index (χ1n) is 7.36. The molecular formula is C19H24FN. The Morgan fingerprint density at radius 3 is 2.19 bits per heavy atom. The van der Waals surface area contributed by atoms with Gasteiger partial charge in [0.05, 0.1) is 0 Å². The molecule has 112 valence electrons. The first kappa shape index (κ1) is 15.7. The molecule has 0 aliphatic carbocycles. The van der Waals surface area contributed by atoms with Crippen LogP contribution in [0.3, 0.4) is 0 Å². The van der Waals surface area contributed by atoms with Crippen LogP contribution in [0.15, 0.2) is 42.5 Å². The summed E-state index contributed by atoms with van der Waals surface area (Å²) in [4.78, 5) is 0. The molecule has 2 aromatic rings. The highest BCUT2D eigenvalue weighted by molar-refractivity contribution is 5.38. The maximum absolute atomic E-state index is 13.2. The molecule has 1 unspecified atom stereocenters. The summed E-state index contributed by atoms with van der Waals surface area (Å²) in [5.41, 5.74) is 4.82. The van der Waals surface area contributed by atoms with Crippen LogP contribution in [0.1, 0.15) is 42.1 Å². The smallest absolute Gasteiger partial charge is 0.123 e. The van der Waals surface area contributed by atoms with E-state index in [9.17, 15) is 4.39 Å². The van der Waals surface area contributed by atoms with Gasteiger partial charge in [-0.15, -0.1) is 0 Å². The highest BCUT2D eigenvalue weighted by Crippen LogP contribution is 2.38. The third kappa shape index (κ3) is 3.16. The first-order valence-corrected chi connectivity index (χ1v) is 7.36. The van der Waals surface area contributed by atoms with Gasteiger partial charge < -0.3 is 5.32 Å². The van der Waals surface area contributed by atoms with E-state index >= 15 is 0 Å². The molecule has 1 nitrogen and oxygen atoms in total. The molecule has 1 atom stereocenters. The Hall–Kier alpha value is -1.67. The monoisotopic (exact) mass is 285 g/mol. The van der Waals surface area contributed by atoms with Crippen LogP contribution in [0, 0.1) is 19.7 Å². The van der Waals surface area contributed by atoms with Crippen molar-refractivity contribution in [2.24, 2.45) is 0 Å². The molecule has 2 rings (SSSR count). The van der Waals surface area contributed by atoms with Crippen molar-refractivity contribution in [3.63, 3.8) is 0 Å². The molecule has 2 aromatic carbocycles. The lowest BCUT2D eigenvalue weighted by Gasteiger charge is -2.36. The molecule has 0 spiro atoms. The second-order valence-corrected chi connectivity index (χ2v) is 6.31. The fraction of sp³-hybridized carbons (Fsp3) is 0.368. The maximum atomic E-state index is 13.2. The molecule has 0 saturated carbocycles. The maximum Gasteiger partial charge on any atom is 0.123 e. The number of nitrogens with one attached hydrogen (secondary N) is 1. The quantitative estimate of drug-likeness (QED) is 0.860. The molecule has 0 amide bonds. The third-order valence-electron chi connectivity index (χ3n) is 4.34. The van der Waals surface area contributed by atoms with Crippen molar-refractivity contribution in [1.29, 1.82) is 0 Å². The largest absolute Gasteiger partial charge is 0.312 e. The van der Waals surface area contributed by atoms with E-state index in [-0.39, 0.29) is 17.3 Å². The molecule has 0 saturated heterocycles. The number of likely N-dealkylation sites (N-methyl/N-ethyl adjacent to an activating group) is 1. The minimum Gasteiger partial charge on any atom is -0.312 e. The van der Waals surface area contributed by atoms with Gasteiger partial charge in [0.25, 0.3) is 0 Å². The van der Waals surface area contributed by atoms with Crippen molar-refractivity contribution >= 4 is 0 Å². The third-order valence-corrected chi connectivity index (χ3v) is 4.34. The van der Waals surface area contributed by atoms with Gasteiger partial charge in [-0.2, -0.15) is 0 Å². The molecule has 2 heteroatoms. The average molecular weight is 285 g/mol. The summed E-state index contributed by atoms with van der Waals surface area (Å²) in [6, 6.07) is 13.5. The van der Waals surface area contributed by atoms with Gasteiger partial charge in [0.2, 0.25) is 0 Å². The highest BCUT2D eigenvalue weighted by Gasteiger charge is 2.32. The standard InChI is InChI=1S/C19H24FN/c1-13-6-7-14(2)17(12-13)18(21-5)19(3,4)15-8-10-16(20)11-9-15/h6-12,18,21H,1-5H3. The summed E-state index contributed by atoms with van der Waals surface area (Å²) in [7, 11) is 1.98. The van der Waals surface area contributed by atoms with Gasteiger partial charge in [-0.05, 0) is 49.7 Å². The normalized spacial score (nSPS) is 13.2. The summed E-state index contributed by atoms with van der Waals surface area (Å²) >= 11 is 0. The van der Waals surface area contributed by atoms with E-state index < -0.39 is 0 Å². The Bertz CT molecular complexity index is 614. The summed E-state index contributed by atoms with van der Waals surface area (Å²) < 4.78 is 13.2. The zero-order chi connectivity index (χ0) is 15.6. The lowest BCUT2D eigenvalue weighted by atomic mass is 9.74. The van der Waals surface area contributed by atoms with Crippen LogP contribution in [0.2, 0.25) is 0 Å². The second-order valence-electron chi connectivity index (χ2n) is 6.31. The van der Waals surface area contributed by atoms with Gasteiger partial charge in [-0.3, -0.25) is 0 Å². The fourth-order valence-electron chi connectivity index (χ4n) is 3.02. The Morgan fingerprint density at radius 2 is 1.62 bits per heavy atom. The fourth-order valence-corrected chi connectivity index (χ4v) is 3.02. The Morgan fingerprint density at radius 1 is 1.00 bits per heavy atom. The van der Waals surface area contributed by atoms with Crippen molar-refractivity contribution in [3.05, 3.63) is 70.5 Å². The highest BCUT2D eigenvalue weighted by atomic mass is 19.1. The van der Waals surface area contributed by atoms with Crippen LogP contribution < -0.4 is 5.32 Å². The molecule has 0 bridgehead atoms. The first-order chi connectivity index (χ1) is 9.86. The minimum absolute atomic E-state index is 0.138. The summed E-state index contributed by atoms with van der Waals surface area (Å²) in [5, 5.41) is 3.45. The van der Waals surface area contributed by atoms with Crippen LogP contribution in [-0.4, -0.2) is 7.05 Å². The van der Waals surface area contributed by atoms with E-state index in [0.717, 1.165) is 5.56 Å². The van der Waals surface area contributed by atoms with Gasteiger partial charge in [-0.25, -0.2) is 4.39 Å². The van der Waals surface area contributed by atoms with Crippen molar-refractivity contribution in [2.75, 3.05) is 7.05 Å². The number of benzene rings is 2. The topological polar surface area (TPSA) is 12.0 Å². The van der Waals surface area contributed by atoms with E-state index in [1.807, 2.05) is 19.2 Å². The van der Waals surface area contributed by atoms with Gasteiger partial charge >= 0.3 is 0 Å². The SMILES string of the molecule is CNC(c1cc(C)ccc1C)C(C)(C)c1ccc(F)cc1. The van der Waals surface area contributed by atoms with Crippen molar-refractivity contribution in [1.82, 2.24) is 5.32 Å². The number of aryl methyl sites for hydroxylation is 2. The Kier molecular flexibility index (Phi) is 4.48. The zero-order valence-corrected chi connectivity index (χ0v) is 13.5. The van der Waals surface area contributed by atoms with Crippen LogP contribution in [-0.2, 0) is 5.41 Å². The van der Waals surface area contributed by atoms with E-state index in [1.165, 1.54) is 28.8 Å². The minimum atomic E-state index is -0.192. The van der Waals surface area contributed by atoms with Gasteiger partial charge in [0.1, 0.15) is 5.82 Å². The molecule has 0 aliphatic rings. The number of hydrogen-bond acceptors (Lipinski definition) is 1. The van der Waals surface area contributed by atoms with Crippen molar-refractivity contribution in [2.45, 2.75) is 39.2 Å². The van der Waals surface area contributed by atoms with E-state index in [0.29, 0.717) is 0 Å². The average Bonchev–Trinajstić information content (AvgIpc) is 2.43.